The van der Waals surface area contributed by atoms with Crippen LogP contribution < -0.4 is 10.9 Å². The van der Waals surface area contributed by atoms with Gasteiger partial charge in [-0.1, -0.05) is 24.3 Å². The quantitative estimate of drug-likeness (QED) is 0.384. The minimum absolute atomic E-state index is 0.0993. The predicted molar refractivity (Wildman–Crippen MR) is 131 cm³/mol. The Morgan fingerprint density at radius 3 is 2.69 bits per heavy atom. The Labute approximate surface area is 200 Å². The lowest BCUT2D eigenvalue weighted by molar-refractivity contribution is 0.0950. The lowest BCUT2D eigenvalue weighted by atomic mass is 10.1. The molecule has 0 atom stereocenters. The zero-order chi connectivity index (χ0) is 24.4. The van der Waals surface area contributed by atoms with Gasteiger partial charge in [0.2, 0.25) is 5.95 Å². The smallest absolute Gasteiger partial charge is 0.258 e. The lowest BCUT2D eigenvalue weighted by Gasteiger charge is -2.10. The summed E-state index contributed by atoms with van der Waals surface area (Å²) in [5.41, 5.74) is 3.87. The van der Waals surface area contributed by atoms with Gasteiger partial charge in [-0.2, -0.15) is 9.49 Å². The summed E-state index contributed by atoms with van der Waals surface area (Å²) < 4.78 is 16.4. The third-order valence-corrected chi connectivity index (χ3v) is 5.88. The van der Waals surface area contributed by atoms with Crippen molar-refractivity contribution in [3.8, 4) is 11.3 Å². The Kier molecular flexibility index (Phi) is 5.93. The maximum Gasteiger partial charge on any atom is 0.258 e. The van der Waals surface area contributed by atoms with Crippen molar-refractivity contribution >= 4 is 16.7 Å². The third-order valence-electron chi connectivity index (χ3n) is 5.88. The number of rotatable bonds is 6. The maximum absolute atomic E-state index is 13.1. The highest BCUT2D eigenvalue weighted by atomic mass is 19.1. The van der Waals surface area contributed by atoms with E-state index in [2.05, 4.69) is 15.4 Å². The van der Waals surface area contributed by atoms with Crippen molar-refractivity contribution in [2.75, 3.05) is 0 Å². The van der Waals surface area contributed by atoms with Crippen molar-refractivity contribution in [1.82, 2.24) is 24.6 Å². The minimum atomic E-state index is -0.564. The maximum atomic E-state index is 13.1. The highest BCUT2D eigenvalue weighted by Gasteiger charge is 2.10. The van der Waals surface area contributed by atoms with Crippen molar-refractivity contribution < 1.29 is 9.18 Å². The molecule has 3 aromatic heterocycles. The largest absolute Gasteiger partial charge is 0.348 e. The van der Waals surface area contributed by atoms with Crippen LogP contribution in [0, 0.1) is 5.95 Å². The average Bonchev–Trinajstić information content (AvgIpc) is 3.31. The standard InChI is InChI=1S/C27H22FN5O2/c1-32-24(9-11-31-32)21-6-7-23-20(14-21)10-12-33(27(23)35)17-18-3-2-4-22(13-18)26(34)30-16-19-5-8-25(28)29-15-19/h2-15H,16-17H2,1H3,(H,30,34). The molecular weight excluding hydrogens is 445 g/mol. The molecule has 0 spiro atoms. The molecule has 3 heterocycles. The van der Waals surface area contributed by atoms with Gasteiger partial charge in [0.15, 0.2) is 0 Å². The Bertz CT molecular complexity index is 1590. The number of nitrogens with zero attached hydrogens (tertiary/aromatic N) is 4. The second-order valence-electron chi connectivity index (χ2n) is 8.26. The minimum Gasteiger partial charge on any atom is -0.348 e. The van der Waals surface area contributed by atoms with Crippen LogP contribution in [-0.4, -0.2) is 25.2 Å². The number of carbonyl (C=O) groups excluding carboxylic acids is 1. The first kappa shape index (κ1) is 22.2. The second-order valence-corrected chi connectivity index (χ2v) is 8.26. The number of nitrogens with one attached hydrogen (secondary N) is 1. The van der Waals surface area contributed by atoms with E-state index in [1.165, 1.54) is 12.3 Å². The number of halogens is 1. The fraction of sp³-hybridized carbons (Fsp3) is 0.111. The van der Waals surface area contributed by atoms with E-state index in [1.54, 1.807) is 45.9 Å². The highest BCUT2D eigenvalue weighted by molar-refractivity contribution is 5.94. The van der Waals surface area contributed by atoms with Gasteiger partial charge < -0.3 is 9.88 Å². The van der Waals surface area contributed by atoms with Gasteiger partial charge in [0.05, 0.1) is 12.2 Å². The molecule has 0 aliphatic rings. The molecule has 35 heavy (non-hydrogen) atoms. The highest BCUT2D eigenvalue weighted by Crippen LogP contribution is 2.22. The summed E-state index contributed by atoms with van der Waals surface area (Å²) in [6.07, 6.45) is 4.90. The van der Waals surface area contributed by atoms with Gasteiger partial charge in [-0.05, 0) is 59.0 Å². The van der Waals surface area contributed by atoms with E-state index < -0.39 is 5.95 Å². The van der Waals surface area contributed by atoms with Crippen LogP contribution in [0.3, 0.4) is 0 Å². The summed E-state index contributed by atoms with van der Waals surface area (Å²) in [5, 5.41) is 8.49. The molecule has 2 aromatic carbocycles. The summed E-state index contributed by atoms with van der Waals surface area (Å²) in [5.74, 6) is -0.824. The SMILES string of the molecule is Cn1nccc1-c1ccc2c(=O)n(Cc3cccc(C(=O)NCc4ccc(F)nc4)c3)ccc2c1. The number of carbonyl (C=O) groups is 1. The Morgan fingerprint density at radius 1 is 1.03 bits per heavy atom. The van der Waals surface area contributed by atoms with Crippen molar-refractivity contribution in [3.05, 3.63) is 118 Å². The summed E-state index contributed by atoms with van der Waals surface area (Å²) in [4.78, 5) is 29.3. The molecule has 0 aliphatic carbocycles. The third kappa shape index (κ3) is 4.72. The number of hydrogen-bond acceptors (Lipinski definition) is 4. The van der Waals surface area contributed by atoms with Gasteiger partial charge in [0, 0.05) is 48.7 Å². The Balaban J connectivity index is 1.34. The molecule has 0 bridgehead atoms. The molecule has 0 unspecified atom stereocenters. The van der Waals surface area contributed by atoms with Gasteiger partial charge in [-0.3, -0.25) is 14.3 Å². The molecule has 7 nitrogen and oxygen atoms in total. The normalized spacial score (nSPS) is 11.0. The summed E-state index contributed by atoms with van der Waals surface area (Å²) >= 11 is 0. The number of aromatic nitrogens is 4. The van der Waals surface area contributed by atoms with Crippen LogP contribution in [0.5, 0.6) is 0 Å². The zero-order valence-electron chi connectivity index (χ0n) is 19.0. The van der Waals surface area contributed by atoms with E-state index in [9.17, 15) is 14.0 Å². The fourth-order valence-electron chi connectivity index (χ4n) is 4.03. The lowest BCUT2D eigenvalue weighted by Crippen LogP contribution is -2.23. The Morgan fingerprint density at radius 2 is 1.91 bits per heavy atom. The van der Waals surface area contributed by atoms with Gasteiger partial charge in [-0.15, -0.1) is 0 Å². The van der Waals surface area contributed by atoms with Crippen LogP contribution in [-0.2, 0) is 20.1 Å². The number of aryl methyl sites for hydroxylation is 1. The molecule has 1 amide bonds. The van der Waals surface area contributed by atoms with E-state index in [-0.39, 0.29) is 18.0 Å². The first-order valence-corrected chi connectivity index (χ1v) is 11.1. The molecular formula is C27H22FN5O2. The predicted octanol–water partition coefficient (Wildman–Crippen LogP) is 3.91. The second kappa shape index (κ2) is 9.34. The van der Waals surface area contributed by atoms with Crippen molar-refractivity contribution in [1.29, 1.82) is 0 Å². The van der Waals surface area contributed by atoms with E-state index in [0.717, 1.165) is 22.2 Å². The monoisotopic (exact) mass is 467 g/mol. The van der Waals surface area contributed by atoms with Crippen LogP contribution in [0.15, 0.2) is 90.1 Å². The molecule has 0 saturated heterocycles. The topological polar surface area (TPSA) is 81.8 Å². The van der Waals surface area contributed by atoms with Crippen LogP contribution in [0.1, 0.15) is 21.5 Å². The summed E-state index contributed by atoms with van der Waals surface area (Å²) in [6.45, 7) is 0.572. The van der Waals surface area contributed by atoms with E-state index in [1.807, 2.05) is 43.4 Å². The van der Waals surface area contributed by atoms with Gasteiger partial charge in [0.1, 0.15) is 0 Å². The van der Waals surface area contributed by atoms with Crippen LogP contribution in [0.2, 0.25) is 0 Å². The molecule has 0 fully saturated rings. The van der Waals surface area contributed by atoms with Gasteiger partial charge >= 0.3 is 0 Å². The summed E-state index contributed by atoms with van der Waals surface area (Å²) in [6, 6.07) is 19.6. The molecule has 0 saturated carbocycles. The molecule has 1 N–H and O–H groups in total. The van der Waals surface area contributed by atoms with Crippen LogP contribution >= 0.6 is 0 Å². The first-order chi connectivity index (χ1) is 17.0. The number of amides is 1. The van der Waals surface area contributed by atoms with Crippen LogP contribution in [0.25, 0.3) is 22.0 Å². The van der Waals surface area contributed by atoms with E-state index in [4.69, 9.17) is 0 Å². The van der Waals surface area contributed by atoms with Gasteiger partial charge in [-0.25, -0.2) is 4.98 Å². The molecule has 5 aromatic rings. The van der Waals surface area contributed by atoms with Crippen molar-refractivity contribution in [3.63, 3.8) is 0 Å². The zero-order valence-corrected chi connectivity index (χ0v) is 19.0. The van der Waals surface area contributed by atoms with Crippen LogP contribution in [0.4, 0.5) is 4.39 Å². The Hall–Kier alpha value is -4.59. The molecule has 0 radical (unpaired) electrons. The molecule has 5 rings (SSSR count). The molecule has 174 valence electrons. The number of benzene rings is 2. The molecule has 8 heteroatoms. The average molecular weight is 468 g/mol. The van der Waals surface area contributed by atoms with Crippen molar-refractivity contribution in [2.45, 2.75) is 13.1 Å². The van der Waals surface area contributed by atoms with Gasteiger partial charge in [0.25, 0.3) is 11.5 Å². The van der Waals surface area contributed by atoms with Crippen molar-refractivity contribution in [2.24, 2.45) is 7.05 Å². The first-order valence-electron chi connectivity index (χ1n) is 11.1. The van der Waals surface area contributed by atoms with E-state index >= 15 is 0 Å². The summed E-state index contributed by atoms with van der Waals surface area (Å²) in [7, 11) is 1.88. The number of hydrogen-bond donors (Lipinski definition) is 1. The molecule has 0 aliphatic heterocycles. The number of pyridine rings is 2. The van der Waals surface area contributed by atoms with E-state index in [0.29, 0.717) is 23.1 Å². The fourth-order valence-corrected chi connectivity index (χ4v) is 4.03. The number of fused-ring (bicyclic) bond motifs is 1.